The number of carbonyl (C=O) groups excluding carboxylic acids is 2. The Bertz CT molecular complexity index is 773. The second kappa shape index (κ2) is 9.93. The summed E-state index contributed by atoms with van der Waals surface area (Å²) in [6.45, 7) is 2.36. The Morgan fingerprint density at radius 1 is 1.00 bits per heavy atom. The summed E-state index contributed by atoms with van der Waals surface area (Å²) in [6, 6.07) is 16.8. The second-order valence-electron chi connectivity index (χ2n) is 7.31. The van der Waals surface area contributed by atoms with Crippen LogP contribution in [0.5, 0.6) is 5.75 Å². The first kappa shape index (κ1) is 19.9. The van der Waals surface area contributed by atoms with Crippen molar-refractivity contribution in [1.82, 2.24) is 5.32 Å². The zero-order valence-corrected chi connectivity index (χ0v) is 16.2. The van der Waals surface area contributed by atoms with Crippen molar-refractivity contribution >= 4 is 11.9 Å². The summed E-state index contributed by atoms with van der Waals surface area (Å²) in [4.78, 5) is 24.2. The molecule has 0 unspecified atom stereocenters. The highest BCUT2D eigenvalue weighted by molar-refractivity contribution is 5.91. The lowest BCUT2D eigenvalue weighted by molar-refractivity contribution is -0.125. The van der Waals surface area contributed by atoms with E-state index in [4.69, 9.17) is 9.47 Å². The van der Waals surface area contributed by atoms with Crippen LogP contribution < -0.4 is 10.1 Å². The Hall–Kier alpha value is -2.82. The highest BCUT2D eigenvalue weighted by atomic mass is 16.5. The minimum atomic E-state index is -0.513. The van der Waals surface area contributed by atoms with Crippen LogP contribution in [0.15, 0.2) is 54.6 Å². The number of rotatable bonds is 7. The molecule has 0 aromatic heterocycles. The van der Waals surface area contributed by atoms with Gasteiger partial charge < -0.3 is 14.8 Å². The van der Waals surface area contributed by atoms with E-state index in [0.29, 0.717) is 23.8 Å². The molecule has 28 heavy (non-hydrogen) atoms. The van der Waals surface area contributed by atoms with E-state index in [9.17, 15) is 9.59 Å². The number of ether oxygens (including phenoxy) is 2. The van der Waals surface area contributed by atoms with Gasteiger partial charge in [0.15, 0.2) is 6.61 Å². The Morgan fingerprint density at radius 2 is 1.71 bits per heavy atom. The maximum Gasteiger partial charge on any atom is 0.338 e. The fourth-order valence-corrected chi connectivity index (χ4v) is 3.42. The van der Waals surface area contributed by atoms with Gasteiger partial charge in [-0.15, -0.1) is 0 Å². The Kier molecular flexibility index (Phi) is 7.06. The largest absolute Gasteiger partial charge is 0.489 e. The molecular formula is C23H27NO4. The van der Waals surface area contributed by atoms with Gasteiger partial charge in [-0.25, -0.2) is 4.79 Å². The normalized spacial score (nSPS) is 18.9. The second-order valence-corrected chi connectivity index (χ2v) is 7.31. The van der Waals surface area contributed by atoms with Gasteiger partial charge >= 0.3 is 5.97 Å². The third-order valence-electron chi connectivity index (χ3n) is 5.13. The quantitative estimate of drug-likeness (QED) is 0.733. The van der Waals surface area contributed by atoms with Crippen LogP contribution in [-0.4, -0.2) is 24.5 Å². The summed E-state index contributed by atoms with van der Waals surface area (Å²) < 4.78 is 10.8. The molecule has 1 fully saturated rings. The minimum absolute atomic E-state index is 0.181. The van der Waals surface area contributed by atoms with E-state index in [1.165, 1.54) is 6.42 Å². The molecule has 3 rings (SSSR count). The topological polar surface area (TPSA) is 64.6 Å². The zero-order valence-electron chi connectivity index (χ0n) is 16.2. The van der Waals surface area contributed by atoms with Gasteiger partial charge in [0.2, 0.25) is 0 Å². The maximum atomic E-state index is 12.2. The summed E-state index contributed by atoms with van der Waals surface area (Å²) in [5.41, 5.74) is 1.47. The van der Waals surface area contributed by atoms with Crippen LogP contribution in [0.4, 0.5) is 0 Å². The van der Waals surface area contributed by atoms with Crippen molar-refractivity contribution in [3.05, 3.63) is 65.7 Å². The first-order chi connectivity index (χ1) is 13.6. The van der Waals surface area contributed by atoms with Crippen molar-refractivity contribution < 1.29 is 19.1 Å². The van der Waals surface area contributed by atoms with Crippen molar-refractivity contribution in [2.75, 3.05) is 6.61 Å². The highest BCUT2D eigenvalue weighted by Crippen LogP contribution is 2.23. The molecule has 0 bridgehead atoms. The van der Waals surface area contributed by atoms with Gasteiger partial charge in [-0.05, 0) is 48.6 Å². The molecule has 1 saturated carbocycles. The summed E-state index contributed by atoms with van der Waals surface area (Å²) in [5, 5.41) is 2.98. The maximum absolute atomic E-state index is 12.2. The number of nitrogens with one attached hydrogen (secondary N) is 1. The molecule has 0 heterocycles. The van der Waals surface area contributed by atoms with Gasteiger partial charge in [-0.3, -0.25) is 4.79 Å². The van der Waals surface area contributed by atoms with E-state index >= 15 is 0 Å². The molecule has 1 aliphatic rings. The van der Waals surface area contributed by atoms with Gasteiger partial charge in [0, 0.05) is 6.04 Å². The lowest BCUT2D eigenvalue weighted by Gasteiger charge is -2.29. The molecule has 0 radical (unpaired) electrons. The fraction of sp³-hybridized carbons (Fsp3) is 0.391. The van der Waals surface area contributed by atoms with Gasteiger partial charge in [0.05, 0.1) is 5.56 Å². The standard InChI is InChI=1S/C23H27NO4/c1-17-7-5-6-10-21(17)24-22(25)16-28-23(26)19-11-13-20(14-12-19)27-15-18-8-3-2-4-9-18/h2-4,8-9,11-14,17,21H,5-7,10,15-16H2,1H3,(H,24,25)/t17-,21+/m1/s1. The van der Waals surface area contributed by atoms with Gasteiger partial charge in [0.25, 0.3) is 5.91 Å². The van der Waals surface area contributed by atoms with Crippen molar-refractivity contribution in [1.29, 1.82) is 0 Å². The Labute approximate surface area is 166 Å². The van der Waals surface area contributed by atoms with Crippen molar-refractivity contribution in [2.45, 2.75) is 45.3 Å². The first-order valence-electron chi connectivity index (χ1n) is 9.85. The van der Waals surface area contributed by atoms with Crippen LogP contribution in [0.2, 0.25) is 0 Å². The number of hydrogen-bond donors (Lipinski definition) is 1. The van der Waals surface area contributed by atoms with Gasteiger partial charge in [0.1, 0.15) is 12.4 Å². The lowest BCUT2D eigenvalue weighted by atomic mass is 9.86. The third kappa shape index (κ3) is 5.84. The summed E-state index contributed by atoms with van der Waals surface area (Å²) in [5.74, 6) is 0.387. The number of esters is 1. The monoisotopic (exact) mass is 381 g/mol. The fourth-order valence-electron chi connectivity index (χ4n) is 3.42. The lowest BCUT2D eigenvalue weighted by Crippen LogP contribution is -2.42. The first-order valence-corrected chi connectivity index (χ1v) is 9.85. The van der Waals surface area contributed by atoms with E-state index < -0.39 is 5.97 Å². The van der Waals surface area contributed by atoms with Crippen molar-refractivity contribution in [3.63, 3.8) is 0 Å². The van der Waals surface area contributed by atoms with E-state index in [0.717, 1.165) is 24.8 Å². The van der Waals surface area contributed by atoms with Crippen LogP contribution in [-0.2, 0) is 16.1 Å². The Morgan fingerprint density at radius 3 is 2.43 bits per heavy atom. The Balaban J connectivity index is 1.43. The van der Waals surface area contributed by atoms with Crippen LogP contribution in [0.1, 0.15) is 48.5 Å². The van der Waals surface area contributed by atoms with E-state index in [1.54, 1.807) is 24.3 Å². The molecule has 2 aromatic carbocycles. The molecule has 1 aliphatic carbocycles. The number of hydrogen-bond acceptors (Lipinski definition) is 4. The molecular weight excluding hydrogens is 354 g/mol. The van der Waals surface area contributed by atoms with Gasteiger partial charge in [-0.1, -0.05) is 50.1 Å². The molecule has 0 saturated heterocycles. The zero-order chi connectivity index (χ0) is 19.8. The predicted octanol–water partition coefficient (Wildman–Crippen LogP) is 4.12. The average Bonchev–Trinajstić information content (AvgIpc) is 2.73. The average molecular weight is 381 g/mol. The molecule has 1 N–H and O–H groups in total. The van der Waals surface area contributed by atoms with Crippen molar-refractivity contribution in [3.8, 4) is 5.75 Å². The minimum Gasteiger partial charge on any atom is -0.489 e. The molecule has 0 spiro atoms. The van der Waals surface area contributed by atoms with E-state index in [-0.39, 0.29) is 18.6 Å². The molecule has 1 amide bonds. The molecule has 148 valence electrons. The van der Waals surface area contributed by atoms with E-state index in [2.05, 4.69) is 12.2 Å². The molecule has 2 aromatic rings. The van der Waals surface area contributed by atoms with Crippen LogP contribution in [0.3, 0.4) is 0 Å². The smallest absolute Gasteiger partial charge is 0.338 e. The third-order valence-corrected chi connectivity index (χ3v) is 5.13. The number of carbonyl (C=O) groups is 2. The van der Waals surface area contributed by atoms with Crippen LogP contribution in [0, 0.1) is 5.92 Å². The summed E-state index contributed by atoms with van der Waals surface area (Å²) in [6.07, 6.45) is 4.47. The molecule has 2 atom stereocenters. The van der Waals surface area contributed by atoms with Crippen molar-refractivity contribution in [2.24, 2.45) is 5.92 Å². The van der Waals surface area contributed by atoms with Crippen LogP contribution >= 0.6 is 0 Å². The number of benzene rings is 2. The number of amides is 1. The van der Waals surface area contributed by atoms with Gasteiger partial charge in [-0.2, -0.15) is 0 Å². The predicted molar refractivity (Wildman–Crippen MR) is 107 cm³/mol. The summed E-state index contributed by atoms with van der Waals surface area (Å²) in [7, 11) is 0. The molecule has 5 heteroatoms. The molecule has 5 nitrogen and oxygen atoms in total. The van der Waals surface area contributed by atoms with E-state index in [1.807, 2.05) is 30.3 Å². The van der Waals surface area contributed by atoms with Crippen LogP contribution in [0.25, 0.3) is 0 Å². The highest BCUT2D eigenvalue weighted by Gasteiger charge is 2.23. The summed E-state index contributed by atoms with van der Waals surface area (Å²) >= 11 is 0. The molecule has 0 aliphatic heterocycles. The SMILES string of the molecule is C[C@@H]1CCCC[C@@H]1NC(=O)COC(=O)c1ccc(OCc2ccccc2)cc1.